The maximum absolute atomic E-state index is 12.4. The fourth-order valence-electron chi connectivity index (χ4n) is 2.12. The van der Waals surface area contributed by atoms with E-state index >= 15 is 0 Å². The Morgan fingerprint density at radius 1 is 1.22 bits per heavy atom. The molecular weight excluding hydrogens is 312 g/mol. The highest BCUT2D eigenvalue weighted by atomic mass is 32.2. The molecule has 0 unspecified atom stereocenters. The largest absolute Gasteiger partial charge is 0.493 e. The van der Waals surface area contributed by atoms with Gasteiger partial charge in [-0.05, 0) is 37.4 Å². The minimum Gasteiger partial charge on any atom is -0.493 e. The molecule has 0 radical (unpaired) electrons. The zero-order valence-corrected chi connectivity index (χ0v) is 14.1. The van der Waals surface area contributed by atoms with Gasteiger partial charge in [0.2, 0.25) is 0 Å². The van der Waals surface area contributed by atoms with Gasteiger partial charge in [-0.1, -0.05) is 17.7 Å². The van der Waals surface area contributed by atoms with Crippen LogP contribution in [0.1, 0.15) is 31.8 Å². The molecule has 0 heterocycles. The first kappa shape index (κ1) is 17.1. The highest BCUT2D eigenvalue weighted by Crippen LogP contribution is 2.35. The van der Waals surface area contributed by atoms with Crippen LogP contribution in [-0.2, 0) is 5.75 Å². The Hall–Kier alpha value is -2.27. The first-order chi connectivity index (χ1) is 11.1. The minimum atomic E-state index is -0.454. The summed E-state index contributed by atoms with van der Waals surface area (Å²) in [6, 6.07) is 10.4. The van der Waals surface area contributed by atoms with Gasteiger partial charge >= 0.3 is 5.97 Å². The fraction of sp³-hybridized carbons (Fsp3) is 0.222. The predicted molar refractivity (Wildman–Crippen MR) is 91.7 cm³/mol. The molecule has 2 aromatic rings. The van der Waals surface area contributed by atoms with E-state index < -0.39 is 5.97 Å². The topological polar surface area (TPSA) is 52.6 Å². The quantitative estimate of drug-likeness (QED) is 0.457. The molecule has 0 saturated carbocycles. The van der Waals surface area contributed by atoms with Gasteiger partial charge in [0, 0.05) is 16.9 Å². The third-order valence-electron chi connectivity index (χ3n) is 3.29. The Bertz CT molecular complexity index is 708. The number of hydrogen-bond acceptors (Lipinski definition) is 5. The minimum absolute atomic E-state index is 0.359. The number of hydrogen-bond donors (Lipinski definition) is 0. The first-order valence-electron chi connectivity index (χ1n) is 7.03. The lowest BCUT2D eigenvalue weighted by Crippen LogP contribution is -2.11. The summed E-state index contributed by atoms with van der Waals surface area (Å²) < 4.78 is 10.8. The normalized spacial score (nSPS) is 10.2. The Morgan fingerprint density at radius 2 is 1.91 bits per heavy atom. The molecule has 2 aromatic carbocycles. The smallest absolute Gasteiger partial charge is 0.343 e. The van der Waals surface area contributed by atoms with Crippen LogP contribution in [-0.4, -0.2) is 25.6 Å². The molecule has 5 heteroatoms. The highest BCUT2D eigenvalue weighted by Gasteiger charge is 2.17. The number of aryl methyl sites for hydroxylation is 1. The average Bonchev–Trinajstić information content (AvgIpc) is 2.56. The molecule has 2 rings (SSSR count). The molecule has 0 aromatic heterocycles. The van der Waals surface area contributed by atoms with Crippen LogP contribution in [0.4, 0.5) is 0 Å². The van der Waals surface area contributed by atoms with Gasteiger partial charge in [-0.2, -0.15) is 11.8 Å². The molecule has 0 saturated heterocycles. The average molecular weight is 330 g/mol. The lowest BCUT2D eigenvalue weighted by Gasteiger charge is -2.14. The van der Waals surface area contributed by atoms with Gasteiger partial charge in [0.15, 0.2) is 11.5 Å². The number of esters is 1. The number of rotatable bonds is 6. The van der Waals surface area contributed by atoms with E-state index in [0.717, 1.165) is 17.4 Å². The summed E-state index contributed by atoms with van der Waals surface area (Å²) in [5.74, 6) is 0.885. The van der Waals surface area contributed by atoms with E-state index in [1.54, 1.807) is 36.0 Å². The standard InChI is InChI=1S/C18H18O4S/c1-12-4-6-14(7-5-12)18(20)22-17-15(11-23-3)8-13(10-19)9-16(17)21-2/h4-10H,11H2,1-3H3. The molecule has 0 N–H and O–H groups in total. The Labute approximate surface area is 139 Å². The van der Waals surface area contributed by atoms with Gasteiger partial charge in [-0.3, -0.25) is 4.79 Å². The number of ether oxygens (including phenoxy) is 2. The van der Waals surface area contributed by atoms with Crippen LogP contribution in [0.3, 0.4) is 0 Å². The molecule has 23 heavy (non-hydrogen) atoms. The van der Waals surface area contributed by atoms with Crippen molar-refractivity contribution in [2.45, 2.75) is 12.7 Å². The van der Waals surface area contributed by atoms with Crippen LogP contribution >= 0.6 is 11.8 Å². The van der Waals surface area contributed by atoms with Gasteiger partial charge in [0.25, 0.3) is 0 Å². The molecule has 0 amide bonds. The van der Waals surface area contributed by atoms with Crippen LogP contribution in [0.5, 0.6) is 11.5 Å². The number of carbonyl (C=O) groups excluding carboxylic acids is 2. The SMILES string of the molecule is COc1cc(C=O)cc(CSC)c1OC(=O)c1ccc(C)cc1. The van der Waals surface area contributed by atoms with E-state index in [1.165, 1.54) is 7.11 Å². The van der Waals surface area contributed by atoms with Gasteiger partial charge in [-0.15, -0.1) is 0 Å². The zero-order valence-electron chi connectivity index (χ0n) is 13.3. The van der Waals surface area contributed by atoms with Crippen molar-refractivity contribution in [2.24, 2.45) is 0 Å². The molecule has 0 fully saturated rings. The second-order valence-electron chi connectivity index (χ2n) is 5.02. The predicted octanol–water partition coefficient (Wildman–Crippen LogP) is 3.90. The van der Waals surface area contributed by atoms with Gasteiger partial charge in [-0.25, -0.2) is 4.79 Å². The maximum atomic E-state index is 12.4. The molecule has 0 aliphatic rings. The summed E-state index contributed by atoms with van der Waals surface area (Å²) in [4.78, 5) is 23.4. The summed E-state index contributed by atoms with van der Waals surface area (Å²) in [5.41, 5.74) is 2.77. The molecule has 120 valence electrons. The Morgan fingerprint density at radius 3 is 2.48 bits per heavy atom. The lowest BCUT2D eigenvalue weighted by molar-refractivity contribution is 0.0728. The van der Waals surface area contributed by atoms with E-state index in [-0.39, 0.29) is 0 Å². The second-order valence-corrected chi connectivity index (χ2v) is 5.88. The van der Waals surface area contributed by atoms with Crippen molar-refractivity contribution in [3.63, 3.8) is 0 Å². The summed E-state index contributed by atoms with van der Waals surface area (Å²) in [7, 11) is 1.48. The molecular formula is C18H18O4S. The molecule has 0 aliphatic heterocycles. The number of thioether (sulfide) groups is 1. The van der Waals surface area contributed by atoms with E-state index in [4.69, 9.17) is 9.47 Å². The Balaban J connectivity index is 2.38. The van der Waals surface area contributed by atoms with Crippen LogP contribution < -0.4 is 9.47 Å². The molecule has 4 nitrogen and oxygen atoms in total. The monoisotopic (exact) mass is 330 g/mol. The van der Waals surface area contributed by atoms with Crippen molar-refractivity contribution in [2.75, 3.05) is 13.4 Å². The van der Waals surface area contributed by atoms with Crippen molar-refractivity contribution >= 4 is 24.0 Å². The third kappa shape index (κ3) is 4.13. The van der Waals surface area contributed by atoms with Gasteiger partial charge in [0.1, 0.15) is 6.29 Å². The van der Waals surface area contributed by atoms with E-state index in [0.29, 0.717) is 28.4 Å². The van der Waals surface area contributed by atoms with Crippen molar-refractivity contribution in [1.82, 2.24) is 0 Å². The maximum Gasteiger partial charge on any atom is 0.343 e. The number of aldehydes is 1. The Kier molecular flexibility index (Phi) is 5.82. The van der Waals surface area contributed by atoms with Crippen LogP contribution in [0.2, 0.25) is 0 Å². The molecule has 0 bridgehead atoms. The number of methoxy groups -OCH3 is 1. The lowest BCUT2D eigenvalue weighted by atomic mass is 10.1. The van der Waals surface area contributed by atoms with E-state index in [1.807, 2.05) is 25.3 Å². The highest BCUT2D eigenvalue weighted by molar-refractivity contribution is 7.97. The van der Waals surface area contributed by atoms with Crippen molar-refractivity contribution in [1.29, 1.82) is 0 Å². The number of benzene rings is 2. The van der Waals surface area contributed by atoms with Crippen LogP contribution in [0, 0.1) is 6.92 Å². The first-order valence-corrected chi connectivity index (χ1v) is 8.42. The summed E-state index contributed by atoms with van der Waals surface area (Å²) in [6.07, 6.45) is 2.68. The van der Waals surface area contributed by atoms with Gasteiger partial charge in [0.05, 0.1) is 12.7 Å². The second kappa shape index (κ2) is 7.83. The summed E-state index contributed by atoms with van der Waals surface area (Å²) in [6.45, 7) is 1.95. The fourth-order valence-corrected chi connectivity index (χ4v) is 2.65. The van der Waals surface area contributed by atoms with Gasteiger partial charge < -0.3 is 9.47 Å². The third-order valence-corrected chi connectivity index (χ3v) is 3.89. The van der Waals surface area contributed by atoms with Crippen molar-refractivity contribution < 1.29 is 19.1 Å². The van der Waals surface area contributed by atoms with Crippen molar-refractivity contribution in [3.05, 3.63) is 58.7 Å². The molecule has 0 aliphatic carbocycles. The zero-order chi connectivity index (χ0) is 16.8. The van der Waals surface area contributed by atoms with Crippen molar-refractivity contribution in [3.8, 4) is 11.5 Å². The van der Waals surface area contributed by atoms with Crippen LogP contribution in [0.25, 0.3) is 0 Å². The molecule has 0 atom stereocenters. The summed E-state index contributed by atoms with van der Waals surface area (Å²) in [5, 5.41) is 0. The van der Waals surface area contributed by atoms with E-state index in [9.17, 15) is 9.59 Å². The summed E-state index contributed by atoms with van der Waals surface area (Å²) >= 11 is 1.57. The number of carbonyl (C=O) groups is 2. The van der Waals surface area contributed by atoms with Crippen LogP contribution in [0.15, 0.2) is 36.4 Å². The molecule has 0 spiro atoms. The van der Waals surface area contributed by atoms with E-state index in [2.05, 4.69) is 0 Å².